The van der Waals surface area contributed by atoms with Crippen molar-refractivity contribution in [2.75, 3.05) is 13.7 Å². The molecule has 0 radical (unpaired) electrons. The van der Waals surface area contributed by atoms with Crippen LogP contribution in [-0.4, -0.2) is 19.7 Å². The Morgan fingerprint density at radius 2 is 2.15 bits per heavy atom. The van der Waals surface area contributed by atoms with Crippen LogP contribution in [0.25, 0.3) is 0 Å². The average molecular weight is 344 g/mol. The molecule has 0 saturated heterocycles. The van der Waals surface area contributed by atoms with Crippen LogP contribution in [0.15, 0.2) is 22.7 Å². The Hall–Kier alpha value is -1.07. The van der Waals surface area contributed by atoms with Crippen LogP contribution in [0, 0.1) is 0 Å². The molecule has 1 rings (SSSR count). The maximum Gasteiger partial charge on any atom is 0.305 e. The predicted molar refractivity (Wildman–Crippen MR) is 82.7 cm³/mol. The van der Waals surface area contributed by atoms with Crippen LogP contribution in [0.4, 0.5) is 0 Å². The SMILES string of the molecule is CCOc1ccc(Br)cc1C(N)CCCCC(=O)OC. The summed E-state index contributed by atoms with van der Waals surface area (Å²) in [6.07, 6.45) is 2.93. The van der Waals surface area contributed by atoms with Crippen LogP contribution in [0.1, 0.15) is 44.2 Å². The molecule has 0 heterocycles. The number of methoxy groups -OCH3 is 1. The number of carbonyl (C=O) groups is 1. The third kappa shape index (κ3) is 5.51. The number of carbonyl (C=O) groups excluding carboxylic acids is 1. The van der Waals surface area contributed by atoms with Gasteiger partial charge < -0.3 is 15.2 Å². The molecule has 0 aliphatic heterocycles. The van der Waals surface area contributed by atoms with Crippen molar-refractivity contribution >= 4 is 21.9 Å². The lowest BCUT2D eigenvalue weighted by molar-refractivity contribution is -0.140. The molecule has 0 spiro atoms. The van der Waals surface area contributed by atoms with Crippen molar-refractivity contribution < 1.29 is 14.3 Å². The van der Waals surface area contributed by atoms with Crippen molar-refractivity contribution in [1.29, 1.82) is 0 Å². The molecule has 0 aliphatic carbocycles. The topological polar surface area (TPSA) is 61.5 Å². The van der Waals surface area contributed by atoms with Gasteiger partial charge in [0.05, 0.1) is 13.7 Å². The molecule has 112 valence electrons. The van der Waals surface area contributed by atoms with E-state index >= 15 is 0 Å². The number of halogens is 1. The van der Waals surface area contributed by atoms with Crippen LogP contribution in [0.3, 0.4) is 0 Å². The molecule has 0 saturated carbocycles. The molecule has 0 fully saturated rings. The van der Waals surface area contributed by atoms with Gasteiger partial charge in [-0.1, -0.05) is 22.4 Å². The van der Waals surface area contributed by atoms with Gasteiger partial charge in [-0.25, -0.2) is 0 Å². The van der Waals surface area contributed by atoms with E-state index in [1.807, 2.05) is 25.1 Å². The Labute approximate surface area is 128 Å². The van der Waals surface area contributed by atoms with E-state index in [-0.39, 0.29) is 12.0 Å². The summed E-state index contributed by atoms with van der Waals surface area (Å²) in [5, 5.41) is 0. The van der Waals surface area contributed by atoms with Gasteiger partial charge in [-0.2, -0.15) is 0 Å². The van der Waals surface area contributed by atoms with Crippen molar-refractivity contribution in [2.24, 2.45) is 5.73 Å². The van der Waals surface area contributed by atoms with Crippen LogP contribution in [0.2, 0.25) is 0 Å². The fourth-order valence-corrected chi connectivity index (χ4v) is 2.37. The second kappa shape index (κ2) is 8.97. The maximum atomic E-state index is 11.0. The van der Waals surface area contributed by atoms with Gasteiger partial charge in [0.15, 0.2) is 0 Å². The highest BCUT2D eigenvalue weighted by molar-refractivity contribution is 9.10. The van der Waals surface area contributed by atoms with Gasteiger partial charge in [0, 0.05) is 22.5 Å². The number of ether oxygens (including phenoxy) is 2. The molecule has 1 aromatic carbocycles. The monoisotopic (exact) mass is 343 g/mol. The van der Waals surface area contributed by atoms with E-state index in [0.717, 1.165) is 35.0 Å². The van der Waals surface area contributed by atoms with Crippen molar-refractivity contribution in [3.63, 3.8) is 0 Å². The summed E-state index contributed by atoms with van der Waals surface area (Å²) < 4.78 is 11.2. The Kier molecular flexibility index (Phi) is 7.62. The molecule has 20 heavy (non-hydrogen) atoms. The minimum absolute atomic E-state index is 0.0910. The van der Waals surface area contributed by atoms with Crippen LogP contribution < -0.4 is 10.5 Å². The number of esters is 1. The summed E-state index contributed by atoms with van der Waals surface area (Å²) in [6, 6.07) is 5.78. The molecule has 0 bridgehead atoms. The first-order valence-corrected chi connectivity index (χ1v) is 7.62. The Morgan fingerprint density at radius 3 is 2.80 bits per heavy atom. The number of hydrogen-bond donors (Lipinski definition) is 1. The smallest absolute Gasteiger partial charge is 0.305 e. The lowest BCUT2D eigenvalue weighted by atomic mass is 10.0. The largest absolute Gasteiger partial charge is 0.494 e. The number of nitrogens with two attached hydrogens (primary N) is 1. The summed E-state index contributed by atoms with van der Waals surface area (Å²) in [5.41, 5.74) is 7.23. The molecule has 0 aromatic heterocycles. The predicted octanol–water partition coefficient (Wildman–Crippen LogP) is 3.58. The van der Waals surface area contributed by atoms with Gasteiger partial charge in [0.2, 0.25) is 0 Å². The van der Waals surface area contributed by atoms with Gasteiger partial charge in [-0.05, 0) is 38.0 Å². The molecular weight excluding hydrogens is 322 g/mol. The zero-order chi connectivity index (χ0) is 15.0. The second-order valence-corrected chi connectivity index (χ2v) is 5.46. The first kappa shape index (κ1) is 17.0. The van der Waals surface area contributed by atoms with Crippen molar-refractivity contribution in [3.8, 4) is 5.75 Å². The van der Waals surface area contributed by atoms with Crippen molar-refractivity contribution in [3.05, 3.63) is 28.2 Å². The van der Waals surface area contributed by atoms with Crippen molar-refractivity contribution in [1.82, 2.24) is 0 Å². The summed E-state index contributed by atoms with van der Waals surface area (Å²) in [4.78, 5) is 11.0. The Balaban J connectivity index is 2.55. The van der Waals surface area contributed by atoms with Gasteiger partial charge in [0.1, 0.15) is 5.75 Å². The molecule has 1 atom stereocenters. The minimum atomic E-state index is -0.170. The van der Waals surface area contributed by atoms with E-state index in [9.17, 15) is 4.79 Å². The Morgan fingerprint density at radius 1 is 1.40 bits per heavy atom. The molecule has 5 heteroatoms. The molecule has 0 aliphatic rings. The first-order valence-electron chi connectivity index (χ1n) is 6.83. The van der Waals surface area contributed by atoms with Gasteiger partial charge in [-0.15, -0.1) is 0 Å². The number of rotatable bonds is 8. The minimum Gasteiger partial charge on any atom is -0.494 e. The second-order valence-electron chi connectivity index (χ2n) is 4.54. The normalized spacial score (nSPS) is 12.0. The zero-order valence-corrected chi connectivity index (χ0v) is 13.6. The molecule has 0 amide bonds. The van der Waals surface area contributed by atoms with E-state index in [1.54, 1.807) is 0 Å². The summed E-state index contributed by atoms with van der Waals surface area (Å²) in [6.45, 7) is 2.57. The molecule has 1 unspecified atom stereocenters. The first-order chi connectivity index (χ1) is 9.58. The lowest BCUT2D eigenvalue weighted by Crippen LogP contribution is -2.12. The standard InChI is InChI=1S/C15H22BrNO3/c1-3-20-14-9-8-11(16)10-12(14)13(17)6-4-5-7-15(18)19-2/h8-10,13H,3-7,17H2,1-2H3. The van der Waals surface area contributed by atoms with Crippen LogP contribution in [0.5, 0.6) is 5.75 Å². The third-order valence-corrected chi connectivity index (χ3v) is 3.54. The number of benzene rings is 1. The van der Waals surface area contributed by atoms with E-state index in [2.05, 4.69) is 20.7 Å². The average Bonchev–Trinajstić information content (AvgIpc) is 2.45. The van der Waals surface area contributed by atoms with Gasteiger partial charge in [-0.3, -0.25) is 4.79 Å². The van der Waals surface area contributed by atoms with Crippen molar-refractivity contribution in [2.45, 2.75) is 38.6 Å². The quantitative estimate of drug-likeness (QED) is 0.578. The van der Waals surface area contributed by atoms with E-state index in [0.29, 0.717) is 13.0 Å². The number of hydrogen-bond acceptors (Lipinski definition) is 4. The lowest BCUT2D eigenvalue weighted by Gasteiger charge is -2.17. The zero-order valence-electron chi connectivity index (χ0n) is 12.0. The highest BCUT2D eigenvalue weighted by Crippen LogP contribution is 2.30. The summed E-state index contributed by atoms with van der Waals surface area (Å²) >= 11 is 3.45. The van der Waals surface area contributed by atoms with Gasteiger partial charge in [0.25, 0.3) is 0 Å². The fraction of sp³-hybridized carbons (Fsp3) is 0.533. The third-order valence-electron chi connectivity index (χ3n) is 3.04. The summed E-state index contributed by atoms with van der Waals surface area (Å²) in [7, 11) is 1.41. The molecule has 1 aromatic rings. The van der Waals surface area contributed by atoms with E-state index in [1.165, 1.54) is 7.11 Å². The van der Waals surface area contributed by atoms with Crippen LogP contribution >= 0.6 is 15.9 Å². The molecule has 4 nitrogen and oxygen atoms in total. The van der Waals surface area contributed by atoms with E-state index in [4.69, 9.17) is 10.5 Å². The number of unbranched alkanes of at least 4 members (excludes halogenated alkanes) is 1. The van der Waals surface area contributed by atoms with E-state index < -0.39 is 0 Å². The summed E-state index contributed by atoms with van der Waals surface area (Å²) in [5.74, 6) is 0.659. The Bertz CT molecular complexity index is 437. The van der Waals surface area contributed by atoms with Crippen LogP contribution in [-0.2, 0) is 9.53 Å². The molecule has 2 N–H and O–H groups in total. The van der Waals surface area contributed by atoms with Gasteiger partial charge >= 0.3 is 5.97 Å². The maximum absolute atomic E-state index is 11.0. The molecular formula is C15H22BrNO3. The highest BCUT2D eigenvalue weighted by atomic mass is 79.9. The highest BCUT2D eigenvalue weighted by Gasteiger charge is 2.13. The fourth-order valence-electron chi connectivity index (χ4n) is 1.99.